The second-order valence-corrected chi connectivity index (χ2v) is 8.33. The molecule has 2 aromatic heterocycles. The molecule has 1 fully saturated rings. The molecule has 0 amide bonds. The zero-order valence-corrected chi connectivity index (χ0v) is 18.6. The third kappa shape index (κ3) is 6.32. The Balaban J connectivity index is 0.000000383. The van der Waals surface area contributed by atoms with Crippen LogP contribution in [0.25, 0.3) is 10.9 Å². The molecular weight excluding hydrogens is 439 g/mol. The summed E-state index contributed by atoms with van der Waals surface area (Å²) >= 11 is 0. The third-order valence-electron chi connectivity index (χ3n) is 5.97. The fourth-order valence-electron chi connectivity index (χ4n) is 4.01. The SMILES string of the molecule is Cc1[nH]c2c(CN3CCC(Cn4cc(CO)nn4)CC3)cccc2c1C.O=C(O)C(F)(F)F. The van der Waals surface area contributed by atoms with E-state index >= 15 is 0 Å². The van der Waals surface area contributed by atoms with Gasteiger partial charge in [-0.05, 0) is 56.8 Å². The van der Waals surface area contributed by atoms with Crippen molar-refractivity contribution in [3.8, 4) is 0 Å². The highest BCUT2D eigenvalue weighted by Gasteiger charge is 2.38. The number of aliphatic hydroxyl groups excluding tert-OH is 1. The average Bonchev–Trinajstić information content (AvgIpc) is 3.34. The summed E-state index contributed by atoms with van der Waals surface area (Å²) in [5, 5.41) is 25.6. The molecule has 0 radical (unpaired) electrons. The van der Waals surface area contributed by atoms with Gasteiger partial charge in [0.05, 0.1) is 18.3 Å². The number of carboxylic acids is 1. The summed E-state index contributed by atoms with van der Waals surface area (Å²) < 4.78 is 33.6. The number of aromatic amines is 1. The van der Waals surface area contributed by atoms with Crippen molar-refractivity contribution in [1.82, 2.24) is 24.9 Å². The number of para-hydroxylation sites is 1. The van der Waals surface area contributed by atoms with Crippen molar-refractivity contribution in [1.29, 1.82) is 0 Å². The van der Waals surface area contributed by atoms with Crippen LogP contribution in [0.15, 0.2) is 24.4 Å². The maximum Gasteiger partial charge on any atom is 0.490 e. The van der Waals surface area contributed by atoms with E-state index < -0.39 is 12.1 Å². The second kappa shape index (κ2) is 10.3. The molecule has 0 unspecified atom stereocenters. The fourth-order valence-corrected chi connectivity index (χ4v) is 4.01. The van der Waals surface area contributed by atoms with E-state index in [-0.39, 0.29) is 6.61 Å². The van der Waals surface area contributed by atoms with Crippen molar-refractivity contribution in [2.75, 3.05) is 13.1 Å². The molecule has 8 nitrogen and oxygen atoms in total. The van der Waals surface area contributed by atoms with E-state index in [1.54, 1.807) is 0 Å². The number of aliphatic hydroxyl groups is 1. The Morgan fingerprint density at radius 3 is 2.48 bits per heavy atom. The zero-order valence-electron chi connectivity index (χ0n) is 18.6. The number of nitrogens with one attached hydrogen (secondary N) is 1. The number of halogens is 3. The van der Waals surface area contributed by atoms with Crippen LogP contribution in [0.4, 0.5) is 13.2 Å². The molecule has 0 bridgehead atoms. The predicted molar refractivity (Wildman–Crippen MR) is 115 cm³/mol. The number of carboxylic acid groups (broad SMARTS) is 1. The Labute approximate surface area is 189 Å². The number of fused-ring (bicyclic) bond motifs is 1. The van der Waals surface area contributed by atoms with Crippen molar-refractivity contribution in [3.63, 3.8) is 0 Å². The van der Waals surface area contributed by atoms with Crippen LogP contribution in [0.5, 0.6) is 0 Å². The molecule has 0 spiro atoms. The standard InChI is InChI=1S/C20H27N5O.C2HF3O2/c1-14-15(2)21-20-17(4-3-5-19(14)20)11-24-8-6-16(7-9-24)10-25-12-18(13-26)22-23-25;3-2(4,5)1(6)7/h3-5,12,16,21,26H,6-11,13H2,1-2H3;(H,6,7). The van der Waals surface area contributed by atoms with Gasteiger partial charge in [-0.15, -0.1) is 5.10 Å². The van der Waals surface area contributed by atoms with E-state index in [1.807, 2.05) is 10.9 Å². The lowest BCUT2D eigenvalue weighted by Crippen LogP contribution is -2.34. The summed E-state index contributed by atoms with van der Waals surface area (Å²) in [6, 6.07) is 6.63. The van der Waals surface area contributed by atoms with Crippen molar-refractivity contribution in [2.45, 2.75) is 52.6 Å². The number of rotatable bonds is 5. The second-order valence-electron chi connectivity index (χ2n) is 8.33. The Morgan fingerprint density at radius 1 is 1.24 bits per heavy atom. The number of piperidine rings is 1. The molecule has 180 valence electrons. The zero-order chi connectivity index (χ0) is 24.2. The van der Waals surface area contributed by atoms with E-state index in [1.165, 1.54) is 40.6 Å². The molecule has 0 aliphatic carbocycles. The van der Waals surface area contributed by atoms with Crippen LogP contribution in [0.3, 0.4) is 0 Å². The molecule has 3 N–H and O–H groups in total. The van der Waals surface area contributed by atoms with E-state index in [0.717, 1.165) is 26.2 Å². The quantitative estimate of drug-likeness (QED) is 0.531. The molecule has 11 heteroatoms. The van der Waals surface area contributed by atoms with Gasteiger partial charge in [0.25, 0.3) is 0 Å². The first-order valence-electron chi connectivity index (χ1n) is 10.7. The molecule has 1 aliphatic heterocycles. The van der Waals surface area contributed by atoms with Crippen LogP contribution in [-0.2, 0) is 24.5 Å². The molecule has 0 atom stereocenters. The van der Waals surface area contributed by atoms with E-state index in [9.17, 15) is 13.2 Å². The minimum absolute atomic E-state index is 0.0400. The van der Waals surface area contributed by atoms with Gasteiger partial charge in [0.15, 0.2) is 0 Å². The minimum Gasteiger partial charge on any atom is -0.475 e. The lowest BCUT2D eigenvalue weighted by atomic mass is 9.96. The van der Waals surface area contributed by atoms with Gasteiger partial charge in [-0.2, -0.15) is 13.2 Å². The molecule has 4 rings (SSSR count). The number of nitrogens with zero attached hydrogens (tertiary/aromatic N) is 4. The van der Waals surface area contributed by atoms with E-state index in [0.29, 0.717) is 11.6 Å². The summed E-state index contributed by atoms with van der Waals surface area (Å²) in [6.45, 7) is 8.42. The maximum atomic E-state index is 10.6. The Bertz CT molecular complexity index is 1080. The number of H-pyrrole nitrogens is 1. The van der Waals surface area contributed by atoms with Crippen molar-refractivity contribution < 1.29 is 28.2 Å². The highest BCUT2D eigenvalue weighted by molar-refractivity contribution is 5.87. The Kier molecular flexibility index (Phi) is 7.75. The molecule has 1 aromatic carbocycles. The number of hydrogen-bond acceptors (Lipinski definition) is 5. The average molecular weight is 467 g/mol. The topological polar surface area (TPSA) is 107 Å². The number of likely N-dealkylation sites (tertiary alicyclic amines) is 1. The summed E-state index contributed by atoms with van der Waals surface area (Å²) in [7, 11) is 0. The van der Waals surface area contributed by atoms with Crippen LogP contribution < -0.4 is 0 Å². The number of hydrogen-bond donors (Lipinski definition) is 3. The highest BCUT2D eigenvalue weighted by atomic mass is 19.4. The number of alkyl halides is 3. The summed E-state index contributed by atoms with van der Waals surface area (Å²) in [6.07, 6.45) is -0.886. The van der Waals surface area contributed by atoms with Crippen molar-refractivity contribution in [2.24, 2.45) is 5.92 Å². The maximum absolute atomic E-state index is 10.6. The largest absolute Gasteiger partial charge is 0.490 e. The Hall–Kier alpha value is -2.92. The number of aromatic nitrogens is 4. The third-order valence-corrected chi connectivity index (χ3v) is 5.97. The van der Waals surface area contributed by atoms with Crippen LogP contribution in [0, 0.1) is 19.8 Å². The van der Waals surface area contributed by atoms with Gasteiger partial charge < -0.3 is 15.2 Å². The van der Waals surface area contributed by atoms with Gasteiger partial charge >= 0.3 is 12.1 Å². The molecule has 33 heavy (non-hydrogen) atoms. The van der Waals surface area contributed by atoms with E-state index in [4.69, 9.17) is 15.0 Å². The fraction of sp³-hybridized carbons (Fsp3) is 0.500. The predicted octanol–water partition coefficient (Wildman–Crippen LogP) is 3.41. The minimum atomic E-state index is -5.08. The molecule has 0 saturated carbocycles. The van der Waals surface area contributed by atoms with Crippen LogP contribution in [0.1, 0.15) is 35.4 Å². The molecule has 3 aromatic rings. The molecule has 1 saturated heterocycles. The van der Waals surface area contributed by atoms with Crippen molar-refractivity contribution in [3.05, 3.63) is 46.9 Å². The summed E-state index contributed by atoms with van der Waals surface area (Å²) in [5.41, 5.74) is 5.95. The van der Waals surface area contributed by atoms with Crippen molar-refractivity contribution >= 4 is 16.9 Å². The lowest BCUT2D eigenvalue weighted by Gasteiger charge is -2.32. The van der Waals surface area contributed by atoms with Gasteiger partial charge in [0, 0.05) is 24.2 Å². The van der Waals surface area contributed by atoms with Gasteiger partial charge in [0.1, 0.15) is 5.69 Å². The van der Waals surface area contributed by atoms with Gasteiger partial charge in [-0.25, -0.2) is 4.79 Å². The first kappa shape index (κ1) is 24.7. The van der Waals surface area contributed by atoms with Crippen LogP contribution in [-0.4, -0.2) is 60.3 Å². The molecular formula is C22H28F3N5O3. The van der Waals surface area contributed by atoms with Crippen LogP contribution >= 0.6 is 0 Å². The normalized spacial score (nSPS) is 15.5. The molecule has 1 aliphatic rings. The monoisotopic (exact) mass is 467 g/mol. The Morgan fingerprint density at radius 2 is 1.91 bits per heavy atom. The number of benzene rings is 1. The molecule has 3 heterocycles. The first-order valence-corrected chi connectivity index (χ1v) is 10.7. The highest BCUT2D eigenvalue weighted by Crippen LogP contribution is 2.27. The number of aryl methyl sites for hydroxylation is 2. The number of aliphatic carboxylic acids is 1. The van der Waals surface area contributed by atoms with E-state index in [2.05, 4.69) is 52.2 Å². The summed E-state index contributed by atoms with van der Waals surface area (Å²) in [5.74, 6) is -2.13. The first-order chi connectivity index (χ1) is 15.6. The van der Waals surface area contributed by atoms with Crippen LogP contribution in [0.2, 0.25) is 0 Å². The van der Waals surface area contributed by atoms with Gasteiger partial charge in [0.2, 0.25) is 0 Å². The van der Waals surface area contributed by atoms with Gasteiger partial charge in [-0.3, -0.25) is 9.58 Å². The summed E-state index contributed by atoms with van der Waals surface area (Å²) in [4.78, 5) is 15.0. The van der Waals surface area contributed by atoms with Gasteiger partial charge in [-0.1, -0.05) is 23.4 Å². The smallest absolute Gasteiger partial charge is 0.475 e. The number of carbonyl (C=O) groups is 1. The lowest BCUT2D eigenvalue weighted by molar-refractivity contribution is -0.192.